The lowest BCUT2D eigenvalue weighted by molar-refractivity contribution is 0.0600. The van der Waals surface area contributed by atoms with E-state index in [-0.39, 0.29) is 15.1 Å². The van der Waals surface area contributed by atoms with E-state index in [1.54, 1.807) is 0 Å². The van der Waals surface area contributed by atoms with Gasteiger partial charge >= 0.3 is 5.97 Å². The number of methoxy groups -OCH3 is 1. The molecule has 1 aromatic carbocycles. The molecule has 110 valence electrons. The SMILES string of the molecule is COC(=O)c1ccc(C(Br)C2(Br)CCN(C)CC2)cc1. The fourth-order valence-corrected chi connectivity index (χ4v) is 3.83. The van der Waals surface area contributed by atoms with E-state index in [0.717, 1.165) is 25.9 Å². The second kappa shape index (κ2) is 6.58. The van der Waals surface area contributed by atoms with Crippen LogP contribution in [0.1, 0.15) is 33.6 Å². The predicted octanol–water partition coefficient (Wildman–Crippen LogP) is 3.77. The van der Waals surface area contributed by atoms with E-state index >= 15 is 0 Å². The summed E-state index contributed by atoms with van der Waals surface area (Å²) in [5.41, 5.74) is 1.77. The average Bonchev–Trinajstić information content (AvgIpc) is 2.49. The molecule has 0 bridgehead atoms. The number of alkyl halides is 2. The van der Waals surface area contributed by atoms with Gasteiger partial charge in [0.25, 0.3) is 0 Å². The monoisotopic (exact) mass is 403 g/mol. The zero-order valence-electron chi connectivity index (χ0n) is 11.7. The highest BCUT2D eigenvalue weighted by Crippen LogP contribution is 2.47. The van der Waals surface area contributed by atoms with Gasteiger partial charge in [-0.05, 0) is 50.7 Å². The van der Waals surface area contributed by atoms with Crippen molar-refractivity contribution in [1.29, 1.82) is 0 Å². The summed E-state index contributed by atoms with van der Waals surface area (Å²) in [5.74, 6) is -0.296. The third kappa shape index (κ3) is 3.43. The molecule has 1 heterocycles. The fourth-order valence-electron chi connectivity index (χ4n) is 2.45. The standard InChI is InChI=1S/C15H19Br2NO2/c1-18-9-7-15(17,8-10-18)13(16)11-3-5-12(6-4-11)14(19)20-2/h3-6,13H,7-10H2,1-2H3. The van der Waals surface area contributed by atoms with Crippen LogP contribution in [0.4, 0.5) is 0 Å². The largest absolute Gasteiger partial charge is 0.465 e. The molecule has 1 aromatic rings. The van der Waals surface area contributed by atoms with Gasteiger partial charge in [0.1, 0.15) is 0 Å². The highest BCUT2D eigenvalue weighted by Gasteiger charge is 2.38. The summed E-state index contributed by atoms with van der Waals surface area (Å²) in [7, 11) is 3.55. The number of likely N-dealkylation sites (tertiary alicyclic amines) is 1. The molecule has 0 aromatic heterocycles. The Bertz CT molecular complexity index is 467. The smallest absolute Gasteiger partial charge is 0.337 e. The lowest BCUT2D eigenvalue weighted by atomic mass is 9.89. The first kappa shape index (κ1) is 16.0. The Morgan fingerprint density at radius 2 is 1.85 bits per heavy atom. The first-order chi connectivity index (χ1) is 9.46. The molecule has 1 aliphatic heterocycles. The molecular weight excluding hydrogens is 386 g/mol. The van der Waals surface area contributed by atoms with E-state index in [1.165, 1.54) is 12.7 Å². The molecule has 1 unspecified atom stereocenters. The molecule has 1 fully saturated rings. The summed E-state index contributed by atoms with van der Waals surface area (Å²) < 4.78 is 4.79. The number of hydrogen-bond donors (Lipinski definition) is 0. The molecular formula is C15H19Br2NO2. The van der Waals surface area contributed by atoms with Crippen molar-refractivity contribution in [3.8, 4) is 0 Å². The maximum Gasteiger partial charge on any atom is 0.337 e. The van der Waals surface area contributed by atoms with Crippen molar-refractivity contribution >= 4 is 37.8 Å². The Morgan fingerprint density at radius 3 is 2.35 bits per heavy atom. The molecule has 0 spiro atoms. The Labute approximate surface area is 136 Å². The zero-order valence-corrected chi connectivity index (χ0v) is 14.9. The van der Waals surface area contributed by atoms with Crippen LogP contribution in [-0.4, -0.2) is 42.4 Å². The molecule has 0 saturated carbocycles. The number of nitrogens with zero attached hydrogens (tertiary/aromatic N) is 1. The summed E-state index contributed by atoms with van der Waals surface area (Å²) in [6, 6.07) is 7.63. The molecule has 0 aliphatic carbocycles. The van der Waals surface area contributed by atoms with Crippen molar-refractivity contribution in [2.24, 2.45) is 0 Å². The molecule has 20 heavy (non-hydrogen) atoms. The maximum atomic E-state index is 11.4. The van der Waals surface area contributed by atoms with Crippen molar-refractivity contribution in [2.75, 3.05) is 27.2 Å². The van der Waals surface area contributed by atoms with Crippen molar-refractivity contribution in [2.45, 2.75) is 22.0 Å². The summed E-state index contributed by atoms with van der Waals surface area (Å²) in [5, 5.41) is 0. The van der Waals surface area contributed by atoms with Gasteiger partial charge in [-0.1, -0.05) is 44.0 Å². The second-order valence-corrected chi connectivity index (χ2v) is 7.81. The highest BCUT2D eigenvalue weighted by molar-refractivity contribution is 9.12. The number of ether oxygens (including phenoxy) is 1. The van der Waals surface area contributed by atoms with Crippen LogP contribution in [-0.2, 0) is 4.74 Å². The van der Waals surface area contributed by atoms with Crippen molar-refractivity contribution in [3.05, 3.63) is 35.4 Å². The Morgan fingerprint density at radius 1 is 1.30 bits per heavy atom. The van der Waals surface area contributed by atoms with Crippen molar-refractivity contribution in [3.63, 3.8) is 0 Å². The van der Waals surface area contributed by atoms with Gasteiger partial charge in [0.05, 0.1) is 17.5 Å². The number of rotatable bonds is 3. The van der Waals surface area contributed by atoms with Gasteiger partial charge in [-0.15, -0.1) is 0 Å². The Balaban J connectivity index is 2.12. The Hall–Kier alpha value is -0.390. The first-order valence-electron chi connectivity index (χ1n) is 6.66. The fraction of sp³-hybridized carbons (Fsp3) is 0.533. The van der Waals surface area contributed by atoms with Gasteiger partial charge in [0.2, 0.25) is 0 Å². The second-order valence-electron chi connectivity index (χ2n) is 5.31. The minimum Gasteiger partial charge on any atom is -0.465 e. The van der Waals surface area contributed by atoms with E-state index in [2.05, 4.69) is 43.8 Å². The van der Waals surface area contributed by atoms with Crippen LogP contribution in [0.3, 0.4) is 0 Å². The van der Waals surface area contributed by atoms with E-state index in [9.17, 15) is 4.79 Å². The summed E-state index contributed by atoms with van der Waals surface area (Å²) in [4.78, 5) is 14.0. The highest BCUT2D eigenvalue weighted by atomic mass is 79.9. The molecule has 1 atom stereocenters. The van der Waals surface area contributed by atoms with Crippen LogP contribution in [0.25, 0.3) is 0 Å². The van der Waals surface area contributed by atoms with Gasteiger partial charge in [-0.25, -0.2) is 4.79 Å². The number of carbonyl (C=O) groups excluding carboxylic acids is 1. The number of esters is 1. The molecule has 1 aliphatic rings. The van der Waals surface area contributed by atoms with E-state index in [1.807, 2.05) is 24.3 Å². The number of hydrogen-bond acceptors (Lipinski definition) is 3. The lowest BCUT2D eigenvalue weighted by Crippen LogP contribution is -2.41. The number of piperidine rings is 1. The zero-order chi connectivity index (χ0) is 14.8. The van der Waals surface area contributed by atoms with Gasteiger partial charge in [-0.3, -0.25) is 0 Å². The summed E-state index contributed by atoms with van der Waals surface area (Å²) in [6.45, 7) is 2.18. The first-order valence-corrected chi connectivity index (χ1v) is 8.37. The topological polar surface area (TPSA) is 29.5 Å². The number of benzene rings is 1. The summed E-state index contributed by atoms with van der Waals surface area (Å²) >= 11 is 7.74. The molecule has 5 heteroatoms. The molecule has 0 N–H and O–H groups in total. The molecule has 3 nitrogen and oxygen atoms in total. The average molecular weight is 405 g/mol. The summed E-state index contributed by atoms with van der Waals surface area (Å²) in [6.07, 6.45) is 2.19. The molecule has 2 rings (SSSR count). The third-order valence-corrected chi connectivity index (χ3v) is 7.17. The van der Waals surface area contributed by atoms with Crippen LogP contribution in [0, 0.1) is 0 Å². The van der Waals surface area contributed by atoms with Crippen molar-refractivity contribution < 1.29 is 9.53 Å². The van der Waals surface area contributed by atoms with Gasteiger partial charge in [0, 0.05) is 4.32 Å². The maximum absolute atomic E-state index is 11.4. The quantitative estimate of drug-likeness (QED) is 0.567. The van der Waals surface area contributed by atoms with Crippen LogP contribution in [0.2, 0.25) is 0 Å². The predicted molar refractivity (Wildman–Crippen MR) is 87.8 cm³/mol. The minimum absolute atomic E-state index is 0.0757. The normalized spacial score (nSPS) is 20.4. The van der Waals surface area contributed by atoms with E-state index in [0.29, 0.717) is 5.56 Å². The van der Waals surface area contributed by atoms with E-state index in [4.69, 9.17) is 4.74 Å². The van der Waals surface area contributed by atoms with Crippen molar-refractivity contribution in [1.82, 2.24) is 4.90 Å². The van der Waals surface area contributed by atoms with Gasteiger partial charge in [0.15, 0.2) is 0 Å². The van der Waals surface area contributed by atoms with Gasteiger partial charge in [-0.2, -0.15) is 0 Å². The van der Waals surface area contributed by atoms with Crippen LogP contribution in [0.5, 0.6) is 0 Å². The van der Waals surface area contributed by atoms with E-state index < -0.39 is 0 Å². The lowest BCUT2D eigenvalue weighted by Gasteiger charge is -2.39. The van der Waals surface area contributed by atoms with Gasteiger partial charge < -0.3 is 9.64 Å². The molecule has 0 amide bonds. The third-order valence-electron chi connectivity index (χ3n) is 3.90. The Kier molecular flexibility index (Phi) is 5.26. The number of halogens is 2. The number of carbonyl (C=O) groups is 1. The van der Waals surface area contributed by atoms with Crippen LogP contribution < -0.4 is 0 Å². The molecule has 0 radical (unpaired) electrons. The minimum atomic E-state index is -0.296. The van der Waals surface area contributed by atoms with Crippen LogP contribution in [0.15, 0.2) is 24.3 Å². The van der Waals surface area contributed by atoms with Crippen LogP contribution >= 0.6 is 31.9 Å². The molecule has 1 saturated heterocycles.